The van der Waals surface area contributed by atoms with Crippen LogP contribution in [-0.4, -0.2) is 88.6 Å². The first kappa shape index (κ1) is 30.5. The SMILES string of the molecule is C=C1C(=O)c2c(O)c(-c3ccc(C(=O)O)cc3)cc(N(C)C)c2C[C@H]1C[C@H]1[C@H](N(C)C)C(=O)C(C(N)=O)=C(O)[C@]1(C)O. The third-order valence-electron chi connectivity index (χ3n) is 8.45. The Balaban J connectivity index is 1.81. The third kappa shape index (κ3) is 4.84. The van der Waals surface area contributed by atoms with Crippen molar-refractivity contribution in [3.8, 4) is 16.9 Å². The number of aliphatic hydroxyl groups is 2. The Hall–Kier alpha value is -4.48. The Morgan fingerprint density at radius 1 is 1.10 bits per heavy atom. The summed E-state index contributed by atoms with van der Waals surface area (Å²) in [4.78, 5) is 53.8. The van der Waals surface area contributed by atoms with E-state index in [2.05, 4.69) is 6.58 Å². The van der Waals surface area contributed by atoms with Crippen LogP contribution < -0.4 is 10.6 Å². The minimum atomic E-state index is -2.02. The number of Topliss-reactive ketones (excluding diaryl/α,β-unsaturated/α-hetero) is 2. The average molecular weight is 578 g/mol. The van der Waals surface area contributed by atoms with E-state index in [9.17, 15) is 39.6 Å². The van der Waals surface area contributed by atoms with Gasteiger partial charge in [0.15, 0.2) is 11.6 Å². The van der Waals surface area contributed by atoms with E-state index in [1.165, 1.54) is 24.0 Å². The number of fused-ring (bicyclic) bond motifs is 1. The van der Waals surface area contributed by atoms with Crippen LogP contribution in [0, 0.1) is 11.8 Å². The van der Waals surface area contributed by atoms with Crippen molar-refractivity contribution in [1.82, 2.24) is 4.90 Å². The predicted octanol–water partition coefficient (Wildman–Crippen LogP) is 2.30. The Bertz CT molecular complexity index is 1550. The number of nitrogens with two attached hydrogens (primary N) is 1. The molecule has 222 valence electrons. The van der Waals surface area contributed by atoms with Crippen LogP contribution in [0.25, 0.3) is 11.1 Å². The molecule has 2 aliphatic carbocycles. The number of carbonyl (C=O) groups is 4. The fourth-order valence-electron chi connectivity index (χ4n) is 6.18. The van der Waals surface area contributed by atoms with Crippen molar-refractivity contribution in [2.24, 2.45) is 17.6 Å². The predicted molar refractivity (Wildman–Crippen MR) is 156 cm³/mol. The summed E-state index contributed by atoms with van der Waals surface area (Å²) in [7, 11) is 6.78. The van der Waals surface area contributed by atoms with Gasteiger partial charge in [0.1, 0.15) is 22.7 Å². The van der Waals surface area contributed by atoms with Gasteiger partial charge in [0, 0.05) is 31.3 Å². The Labute approximate surface area is 243 Å². The van der Waals surface area contributed by atoms with Crippen LogP contribution in [0.2, 0.25) is 0 Å². The lowest BCUT2D eigenvalue weighted by Crippen LogP contribution is -2.58. The number of anilines is 1. The number of benzene rings is 2. The number of carboxylic acids is 1. The number of hydrogen-bond acceptors (Lipinski definition) is 9. The minimum Gasteiger partial charge on any atom is -0.508 e. The number of allylic oxidation sites excluding steroid dienone is 1. The summed E-state index contributed by atoms with van der Waals surface area (Å²) in [5, 5.41) is 42.8. The van der Waals surface area contributed by atoms with Crippen LogP contribution in [0.5, 0.6) is 5.75 Å². The molecule has 2 aliphatic rings. The number of carboxylic acid groups (broad SMARTS) is 1. The molecule has 0 spiro atoms. The number of phenols is 1. The van der Waals surface area contributed by atoms with Gasteiger partial charge in [-0.2, -0.15) is 0 Å². The first-order valence-electron chi connectivity index (χ1n) is 13.3. The molecule has 42 heavy (non-hydrogen) atoms. The number of rotatable bonds is 7. The van der Waals surface area contributed by atoms with Gasteiger partial charge in [0.2, 0.25) is 0 Å². The summed E-state index contributed by atoms with van der Waals surface area (Å²) >= 11 is 0. The first-order valence-corrected chi connectivity index (χ1v) is 13.3. The minimum absolute atomic E-state index is 0.0493. The van der Waals surface area contributed by atoms with Gasteiger partial charge in [0.25, 0.3) is 5.91 Å². The van der Waals surface area contributed by atoms with Gasteiger partial charge in [0.05, 0.1) is 17.2 Å². The monoisotopic (exact) mass is 577 g/mol. The Morgan fingerprint density at radius 3 is 2.19 bits per heavy atom. The fourth-order valence-corrected chi connectivity index (χ4v) is 6.18. The van der Waals surface area contributed by atoms with E-state index < -0.39 is 58.3 Å². The normalized spacial score (nSPS) is 24.2. The lowest BCUT2D eigenvalue weighted by molar-refractivity contribution is -0.134. The highest BCUT2D eigenvalue weighted by molar-refractivity contribution is 6.22. The second kappa shape index (κ2) is 10.7. The van der Waals surface area contributed by atoms with Crippen molar-refractivity contribution in [3.63, 3.8) is 0 Å². The fraction of sp³-hybridized carbons (Fsp3) is 0.355. The van der Waals surface area contributed by atoms with Crippen molar-refractivity contribution in [2.75, 3.05) is 33.1 Å². The van der Waals surface area contributed by atoms with Gasteiger partial charge < -0.3 is 31.1 Å². The third-order valence-corrected chi connectivity index (χ3v) is 8.45. The van der Waals surface area contributed by atoms with Crippen molar-refractivity contribution in [3.05, 3.63) is 70.5 Å². The number of hydrogen-bond donors (Lipinski definition) is 5. The van der Waals surface area contributed by atoms with Crippen LogP contribution >= 0.6 is 0 Å². The summed E-state index contributed by atoms with van der Waals surface area (Å²) < 4.78 is 0. The second-order valence-corrected chi connectivity index (χ2v) is 11.5. The van der Waals surface area contributed by atoms with Crippen molar-refractivity contribution in [1.29, 1.82) is 0 Å². The van der Waals surface area contributed by atoms with Crippen LogP contribution in [0.3, 0.4) is 0 Å². The van der Waals surface area contributed by atoms with Gasteiger partial charge in [-0.3, -0.25) is 19.3 Å². The molecule has 0 saturated carbocycles. The molecular formula is C31H35N3O8. The molecule has 0 fully saturated rings. The number of amides is 1. The largest absolute Gasteiger partial charge is 0.508 e. The molecule has 4 atom stereocenters. The van der Waals surface area contributed by atoms with E-state index in [4.69, 9.17) is 5.73 Å². The highest BCUT2D eigenvalue weighted by Gasteiger charge is 2.54. The zero-order chi connectivity index (χ0) is 31.4. The first-order chi connectivity index (χ1) is 19.5. The lowest BCUT2D eigenvalue weighted by Gasteiger charge is -2.45. The highest BCUT2D eigenvalue weighted by Crippen LogP contribution is 2.48. The van der Waals surface area contributed by atoms with Gasteiger partial charge >= 0.3 is 5.97 Å². The number of aliphatic hydroxyl groups excluding tert-OH is 1. The van der Waals surface area contributed by atoms with E-state index in [-0.39, 0.29) is 35.3 Å². The molecule has 4 rings (SSSR count). The molecular weight excluding hydrogens is 542 g/mol. The molecule has 6 N–H and O–H groups in total. The molecule has 11 nitrogen and oxygen atoms in total. The average Bonchev–Trinajstić information content (AvgIpc) is 2.89. The van der Waals surface area contributed by atoms with Gasteiger partial charge in [-0.25, -0.2) is 4.79 Å². The summed E-state index contributed by atoms with van der Waals surface area (Å²) in [5.41, 5.74) is 5.06. The molecule has 0 radical (unpaired) electrons. The summed E-state index contributed by atoms with van der Waals surface area (Å²) in [6.07, 6.45) is 0.279. The Morgan fingerprint density at radius 2 is 1.69 bits per heavy atom. The van der Waals surface area contributed by atoms with Crippen LogP contribution in [0.15, 0.2) is 53.8 Å². The molecule has 0 unspecified atom stereocenters. The second-order valence-electron chi connectivity index (χ2n) is 11.5. The van der Waals surface area contributed by atoms with Crippen LogP contribution in [0.4, 0.5) is 5.69 Å². The smallest absolute Gasteiger partial charge is 0.335 e. The van der Waals surface area contributed by atoms with E-state index in [1.807, 2.05) is 0 Å². The molecule has 1 amide bonds. The van der Waals surface area contributed by atoms with Crippen LogP contribution in [0.1, 0.15) is 39.6 Å². The number of nitrogens with zero attached hydrogens (tertiary/aromatic N) is 2. The summed E-state index contributed by atoms with van der Waals surface area (Å²) in [6.45, 7) is 5.33. The maximum atomic E-state index is 13.8. The topological polar surface area (TPSA) is 182 Å². The molecule has 2 aromatic rings. The van der Waals surface area contributed by atoms with Crippen molar-refractivity contribution in [2.45, 2.75) is 31.4 Å². The highest BCUT2D eigenvalue weighted by atomic mass is 16.4. The molecule has 2 aromatic carbocycles. The summed E-state index contributed by atoms with van der Waals surface area (Å²) in [5.74, 6) is -6.06. The van der Waals surface area contributed by atoms with E-state index in [1.54, 1.807) is 51.3 Å². The maximum absolute atomic E-state index is 13.8. The van der Waals surface area contributed by atoms with Gasteiger partial charge in [-0.15, -0.1) is 0 Å². The lowest BCUT2D eigenvalue weighted by atomic mass is 9.65. The number of likely N-dealkylation sites (N-methyl/N-ethyl adjacent to an activating group) is 1. The molecule has 0 heterocycles. The molecule has 0 aliphatic heterocycles. The molecule has 0 saturated heterocycles. The van der Waals surface area contributed by atoms with E-state index in [0.29, 0.717) is 22.4 Å². The Kier molecular flexibility index (Phi) is 7.79. The van der Waals surface area contributed by atoms with Gasteiger partial charge in [-0.05, 0) is 74.7 Å². The molecule has 11 heteroatoms. The standard InChI is InChI=1S/C31H35N3O8/c1-14-17(12-20-24(34(5)6)27(37)23(29(32)39)28(38)31(20,2)42)11-19-21(33(3)4)13-18(26(36)22(19)25(14)35)15-7-9-16(10-8-15)30(40)41/h7-10,13,17,20,24,36,38,42H,1,11-12H2,2-6H3,(H2,32,39)(H,40,41)/t17-,20-,24-,31+/m0/s1. The van der Waals surface area contributed by atoms with Gasteiger partial charge in [-0.1, -0.05) is 18.7 Å². The number of primary amides is 1. The van der Waals surface area contributed by atoms with E-state index >= 15 is 0 Å². The number of carbonyl (C=O) groups excluding carboxylic acids is 3. The summed E-state index contributed by atoms with van der Waals surface area (Å²) in [6, 6.07) is 6.63. The zero-order valence-corrected chi connectivity index (χ0v) is 24.1. The number of ketones is 2. The van der Waals surface area contributed by atoms with Crippen molar-refractivity contribution >= 4 is 29.1 Å². The van der Waals surface area contributed by atoms with Crippen LogP contribution in [-0.2, 0) is 16.0 Å². The molecule has 0 aromatic heterocycles. The van der Waals surface area contributed by atoms with Crippen molar-refractivity contribution < 1.29 is 39.6 Å². The number of aromatic hydroxyl groups is 1. The zero-order valence-electron chi connectivity index (χ0n) is 24.1. The maximum Gasteiger partial charge on any atom is 0.335 e. The quantitative estimate of drug-likeness (QED) is 0.242. The molecule has 0 bridgehead atoms. The number of aromatic carboxylic acids is 1. The van der Waals surface area contributed by atoms with E-state index in [0.717, 1.165) is 0 Å². The number of phenolic OH excluding ortho intramolecular Hbond substituents is 1.